The van der Waals surface area contributed by atoms with Crippen LogP contribution in [-0.2, 0) is 11.2 Å². The number of hydrogen-bond acceptors (Lipinski definition) is 5. The van der Waals surface area contributed by atoms with Crippen molar-refractivity contribution in [1.29, 1.82) is 0 Å². The van der Waals surface area contributed by atoms with Gasteiger partial charge in [-0.3, -0.25) is 4.79 Å². The van der Waals surface area contributed by atoms with Crippen LogP contribution in [0.25, 0.3) is 10.9 Å². The lowest BCUT2D eigenvalue weighted by molar-refractivity contribution is 0.0523. The van der Waals surface area contributed by atoms with E-state index in [0.717, 1.165) is 0 Å². The predicted octanol–water partition coefficient (Wildman–Crippen LogP) is 4.76. The second-order valence-electron chi connectivity index (χ2n) is 8.06. The number of rotatable bonds is 8. The Balaban J connectivity index is 2.32. The molecule has 0 aliphatic rings. The third-order valence-corrected chi connectivity index (χ3v) is 5.95. The standard InChI is InChI=1S/C25H27ClFNO5/c1-5-33-25(31)18-12-28(21(13-29)14(2)3)20-11-22(32-4)16(10-17(20)24(18)30)9-15-7-6-8-19(26)23(15)27/h6-8,10-12,14,21,29H,5,9,13H2,1-4H3/t21-/m0/s1. The molecule has 1 aromatic heterocycles. The van der Waals surface area contributed by atoms with Crippen LogP contribution in [0.1, 0.15) is 48.3 Å². The molecule has 176 valence electrons. The SMILES string of the molecule is CCOC(=O)c1cn([C@@H](CO)C(C)C)c2cc(OC)c(Cc3cccc(Cl)c3F)cc2c1=O. The molecule has 3 aromatic rings. The van der Waals surface area contributed by atoms with Gasteiger partial charge in [-0.05, 0) is 36.1 Å². The first-order valence-corrected chi connectivity index (χ1v) is 11.1. The van der Waals surface area contributed by atoms with Gasteiger partial charge in [-0.2, -0.15) is 0 Å². The van der Waals surface area contributed by atoms with Crippen molar-refractivity contribution in [3.8, 4) is 5.75 Å². The number of aliphatic hydroxyl groups excluding tert-OH is 1. The largest absolute Gasteiger partial charge is 0.496 e. The van der Waals surface area contributed by atoms with Crippen molar-refractivity contribution in [3.63, 3.8) is 0 Å². The van der Waals surface area contributed by atoms with Gasteiger partial charge in [0.2, 0.25) is 5.43 Å². The van der Waals surface area contributed by atoms with Crippen molar-refractivity contribution in [3.05, 3.63) is 74.3 Å². The van der Waals surface area contributed by atoms with Gasteiger partial charge in [-0.1, -0.05) is 37.6 Å². The fourth-order valence-corrected chi connectivity index (χ4v) is 4.08. The minimum absolute atomic E-state index is 0.00179. The molecule has 0 unspecified atom stereocenters. The molecule has 0 amide bonds. The number of nitrogens with zero attached hydrogens (tertiary/aromatic N) is 1. The second-order valence-corrected chi connectivity index (χ2v) is 8.47. The van der Waals surface area contributed by atoms with Crippen LogP contribution in [0.4, 0.5) is 4.39 Å². The molecule has 1 N–H and O–H groups in total. The van der Waals surface area contributed by atoms with Crippen LogP contribution in [0.3, 0.4) is 0 Å². The van der Waals surface area contributed by atoms with E-state index >= 15 is 0 Å². The first-order valence-electron chi connectivity index (χ1n) is 10.7. The highest BCUT2D eigenvalue weighted by molar-refractivity contribution is 6.30. The summed E-state index contributed by atoms with van der Waals surface area (Å²) in [6.45, 7) is 5.44. The monoisotopic (exact) mass is 475 g/mol. The lowest BCUT2D eigenvalue weighted by Gasteiger charge is -2.25. The topological polar surface area (TPSA) is 77.8 Å². The number of ether oxygens (including phenoxy) is 2. The number of benzene rings is 2. The van der Waals surface area contributed by atoms with E-state index in [1.807, 2.05) is 13.8 Å². The molecule has 0 aliphatic heterocycles. The molecule has 6 nitrogen and oxygen atoms in total. The Morgan fingerprint density at radius 1 is 1.24 bits per heavy atom. The third-order valence-electron chi connectivity index (χ3n) is 5.66. The van der Waals surface area contributed by atoms with Gasteiger partial charge in [0, 0.05) is 24.1 Å². The number of hydrogen-bond donors (Lipinski definition) is 1. The van der Waals surface area contributed by atoms with E-state index in [1.165, 1.54) is 19.4 Å². The maximum absolute atomic E-state index is 14.5. The minimum Gasteiger partial charge on any atom is -0.496 e. The molecule has 0 aliphatic carbocycles. The number of carbonyl (C=O) groups is 1. The number of esters is 1. The Morgan fingerprint density at radius 3 is 2.58 bits per heavy atom. The molecule has 3 rings (SSSR count). The molecule has 1 heterocycles. The van der Waals surface area contributed by atoms with E-state index in [-0.39, 0.29) is 41.5 Å². The summed E-state index contributed by atoms with van der Waals surface area (Å²) in [7, 11) is 1.49. The number of pyridine rings is 1. The lowest BCUT2D eigenvalue weighted by Crippen LogP contribution is -2.26. The highest BCUT2D eigenvalue weighted by Crippen LogP contribution is 2.31. The van der Waals surface area contributed by atoms with Crippen molar-refractivity contribution in [2.24, 2.45) is 5.92 Å². The average molecular weight is 476 g/mol. The van der Waals surface area contributed by atoms with Gasteiger partial charge in [0.1, 0.15) is 17.1 Å². The molecule has 33 heavy (non-hydrogen) atoms. The third kappa shape index (κ3) is 4.89. The van der Waals surface area contributed by atoms with Crippen LogP contribution in [0, 0.1) is 11.7 Å². The Hall–Kier alpha value is -2.90. The molecule has 8 heteroatoms. The summed E-state index contributed by atoms with van der Waals surface area (Å²) in [5.41, 5.74) is 0.760. The molecule has 1 atom stereocenters. The normalized spacial score (nSPS) is 12.2. The molecular weight excluding hydrogens is 449 g/mol. The highest BCUT2D eigenvalue weighted by Gasteiger charge is 2.23. The van der Waals surface area contributed by atoms with Gasteiger partial charge >= 0.3 is 5.97 Å². The molecular formula is C25H27ClFNO5. The maximum Gasteiger partial charge on any atom is 0.343 e. The lowest BCUT2D eigenvalue weighted by atomic mass is 9.98. The van der Waals surface area contributed by atoms with Crippen molar-refractivity contribution < 1.29 is 23.8 Å². The number of fused-ring (bicyclic) bond motifs is 1. The molecule has 0 bridgehead atoms. The molecule has 2 aromatic carbocycles. The smallest absolute Gasteiger partial charge is 0.343 e. The molecule has 0 spiro atoms. The van der Waals surface area contributed by atoms with Crippen molar-refractivity contribution in [1.82, 2.24) is 4.57 Å². The Bertz CT molecular complexity index is 1240. The summed E-state index contributed by atoms with van der Waals surface area (Å²) in [5.74, 6) is -0.836. The van der Waals surface area contributed by atoms with Crippen LogP contribution in [-0.4, -0.2) is 36.0 Å². The number of carbonyl (C=O) groups excluding carboxylic acids is 1. The number of aliphatic hydroxyl groups is 1. The van der Waals surface area contributed by atoms with Gasteiger partial charge in [-0.25, -0.2) is 9.18 Å². The quantitative estimate of drug-likeness (QED) is 0.475. The highest BCUT2D eigenvalue weighted by atomic mass is 35.5. The molecule has 0 fully saturated rings. The van der Waals surface area contributed by atoms with Gasteiger partial charge in [0.25, 0.3) is 0 Å². The van der Waals surface area contributed by atoms with Crippen molar-refractivity contribution in [2.45, 2.75) is 33.2 Å². The number of aromatic nitrogens is 1. The summed E-state index contributed by atoms with van der Waals surface area (Å²) >= 11 is 5.93. The zero-order valence-corrected chi connectivity index (χ0v) is 19.8. The summed E-state index contributed by atoms with van der Waals surface area (Å²) in [6, 6.07) is 7.60. The first kappa shape index (κ1) is 24.7. The van der Waals surface area contributed by atoms with E-state index in [9.17, 15) is 19.1 Å². The van der Waals surface area contributed by atoms with Crippen molar-refractivity contribution >= 4 is 28.5 Å². The van der Waals surface area contributed by atoms with Gasteiger partial charge in [0.15, 0.2) is 0 Å². The van der Waals surface area contributed by atoms with Crippen LogP contribution in [0.2, 0.25) is 5.02 Å². The van der Waals surface area contributed by atoms with Crippen LogP contribution in [0.15, 0.2) is 41.3 Å². The van der Waals surface area contributed by atoms with Gasteiger partial charge in [-0.15, -0.1) is 0 Å². The van der Waals surface area contributed by atoms with E-state index in [1.54, 1.807) is 35.8 Å². The zero-order chi connectivity index (χ0) is 24.3. The average Bonchev–Trinajstić information content (AvgIpc) is 2.78. The molecule has 0 radical (unpaired) electrons. The fourth-order valence-electron chi connectivity index (χ4n) is 3.89. The van der Waals surface area contributed by atoms with E-state index < -0.39 is 23.3 Å². The molecule has 0 saturated heterocycles. The predicted molar refractivity (Wildman–Crippen MR) is 126 cm³/mol. The van der Waals surface area contributed by atoms with Crippen LogP contribution >= 0.6 is 11.6 Å². The number of methoxy groups -OCH3 is 1. The van der Waals surface area contributed by atoms with Gasteiger partial charge < -0.3 is 19.1 Å². The fraction of sp³-hybridized carbons (Fsp3) is 0.360. The Kier molecular flexibility index (Phi) is 7.76. The Morgan fingerprint density at radius 2 is 1.97 bits per heavy atom. The number of halogens is 2. The van der Waals surface area contributed by atoms with E-state index in [4.69, 9.17) is 21.1 Å². The summed E-state index contributed by atoms with van der Waals surface area (Å²) < 4.78 is 26.9. The van der Waals surface area contributed by atoms with E-state index in [0.29, 0.717) is 22.4 Å². The summed E-state index contributed by atoms with van der Waals surface area (Å²) in [6.07, 6.45) is 1.56. The maximum atomic E-state index is 14.5. The van der Waals surface area contributed by atoms with Crippen molar-refractivity contribution in [2.75, 3.05) is 20.3 Å². The second kappa shape index (κ2) is 10.4. The Labute approximate surface area is 196 Å². The van der Waals surface area contributed by atoms with Gasteiger partial charge in [0.05, 0.1) is 36.9 Å². The summed E-state index contributed by atoms with van der Waals surface area (Å²) in [5, 5.41) is 10.3. The van der Waals surface area contributed by atoms with E-state index in [2.05, 4.69) is 0 Å². The minimum atomic E-state index is -0.739. The molecule has 0 saturated carbocycles. The first-order chi connectivity index (χ1) is 15.7. The van der Waals surface area contributed by atoms with Crippen LogP contribution < -0.4 is 10.2 Å². The summed E-state index contributed by atoms with van der Waals surface area (Å²) in [4.78, 5) is 25.8. The van der Waals surface area contributed by atoms with Crippen LogP contribution in [0.5, 0.6) is 5.75 Å². The zero-order valence-electron chi connectivity index (χ0n) is 19.0.